The summed E-state index contributed by atoms with van der Waals surface area (Å²) in [6.07, 6.45) is 2.66. The van der Waals surface area contributed by atoms with Gasteiger partial charge in [-0.3, -0.25) is 14.3 Å². The number of amides is 2. The highest BCUT2D eigenvalue weighted by Crippen LogP contribution is 2.26. The van der Waals surface area contributed by atoms with Gasteiger partial charge in [0.05, 0.1) is 16.4 Å². The number of aromatic nitrogens is 2. The van der Waals surface area contributed by atoms with Crippen molar-refractivity contribution in [3.05, 3.63) is 53.3 Å². The van der Waals surface area contributed by atoms with Crippen molar-refractivity contribution >= 4 is 34.8 Å². The van der Waals surface area contributed by atoms with Gasteiger partial charge in [-0.15, -0.1) is 6.58 Å². The fourth-order valence-electron chi connectivity index (χ4n) is 2.54. The standard InChI is InChI=1S/C19H23ClN4O2/c1-5-6-7-18(25)21-15-8-9-17(16(20)11-15)22-19(26)14(4)24-13(3)10-12(2)23-24/h5,8-11,14H,1,6-7H2,2-4H3,(H,21,25)(H,22,26)/t14-/m0/s1. The van der Waals surface area contributed by atoms with Crippen LogP contribution in [0.5, 0.6) is 0 Å². The molecule has 0 saturated carbocycles. The third-order valence-corrected chi connectivity index (χ3v) is 4.19. The van der Waals surface area contributed by atoms with E-state index >= 15 is 0 Å². The summed E-state index contributed by atoms with van der Waals surface area (Å²) in [5.41, 5.74) is 2.83. The van der Waals surface area contributed by atoms with Crippen molar-refractivity contribution in [2.24, 2.45) is 0 Å². The molecular weight excluding hydrogens is 352 g/mol. The van der Waals surface area contributed by atoms with Crippen LogP contribution in [0.3, 0.4) is 0 Å². The fourth-order valence-corrected chi connectivity index (χ4v) is 2.77. The first-order valence-electron chi connectivity index (χ1n) is 8.35. The summed E-state index contributed by atoms with van der Waals surface area (Å²) in [7, 11) is 0. The smallest absolute Gasteiger partial charge is 0.248 e. The maximum Gasteiger partial charge on any atom is 0.248 e. The van der Waals surface area contributed by atoms with Crippen molar-refractivity contribution in [1.82, 2.24) is 9.78 Å². The van der Waals surface area contributed by atoms with Gasteiger partial charge in [-0.2, -0.15) is 5.10 Å². The van der Waals surface area contributed by atoms with Crippen LogP contribution in [-0.4, -0.2) is 21.6 Å². The first-order valence-corrected chi connectivity index (χ1v) is 8.73. The second-order valence-electron chi connectivity index (χ2n) is 6.11. The molecule has 0 spiro atoms. The summed E-state index contributed by atoms with van der Waals surface area (Å²) < 4.78 is 1.67. The van der Waals surface area contributed by atoms with Gasteiger partial charge >= 0.3 is 0 Å². The maximum absolute atomic E-state index is 12.5. The molecule has 2 N–H and O–H groups in total. The summed E-state index contributed by atoms with van der Waals surface area (Å²) in [6.45, 7) is 9.15. The Kier molecular flexibility index (Phi) is 6.58. The molecule has 2 aromatic rings. The Morgan fingerprint density at radius 1 is 1.31 bits per heavy atom. The van der Waals surface area contributed by atoms with E-state index in [0.29, 0.717) is 29.2 Å². The number of rotatable bonds is 7. The highest BCUT2D eigenvalue weighted by atomic mass is 35.5. The summed E-state index contributed by atoms with van der Waals surface area (Å²) in [5, 5.41) is 10.2. The predicted molar refractivity (Wildman–Crippen MR) is 105 cm³/mol. The van der Waals surface area contributed by atoms with Crippen molar-refractivity contribution in [2.45, 2.75) is 39.7 Å². The van der Waals surface area contributed by atoms with Crippen LogP contribution in [0.2, 0.25) is 5.02 Å². The van der Waals surface area contributed by atoms with Gasteiger partial charge in [-0.1, -0.05) is 17.7 Å². The second kappa shape index (κ2) is 8.67. The van der Waals surface area contributed by atoms with Crippen LogP contribution in [0.15, 0.2) is 36.9 Å². The number of hydrogen-bond acceptors (Lipinski definition) is 3. The van der Waals surface area contributed by atoms with Gasteiger partial charge in [0, 0.05) is 17.8 Å². The van der Waals surface area contributed by atoms with E-state index in [1.165, 1.54) is 0 Å². The highest BCUT2D eigenvalue weighted by Gasteiger charge is 2.19. The van der Waals surface area contributed by atoms with Crippen molar-refractivity contribution in [3.63, 3.8) is 0 Å². The van der Waals surface area contributed by atoms with Gasteiger partial charge in [0.15, 0.2) is 0 Å². The average Bonchev–Trinajstić information content (AvgIpc) is 2.93. The third-order valence-electron chi connectivity index (χ3n) is 3.88. The van der Waals surface area contributed by atoms with Crippen LogP contribution in [0.4, 0.5) is 11.4 Å². The molecule has 0 fully saturated rings. The molecule has 0 bridgehead atoms. The predicted octanol–water partition coefficient (Wildman–Crippen LogP) is 4.26. The molecule has 1 heterocycles. The minimum absolute atomic E-state index is 0.115. The zero-order chi connectivity index (χ0) is 19.3. The van der Waals surface area contributed by atoms with Crippen LogP contribution < -0.4 is 10.6 Å². The molecule has 1 aromatic heterocycles. The molecule has 26 heavy (non-hydrogen) atoms. The topological polar surface area (TPSA) is 76.0 Å². The molecule has 0 aliphatic heterocycles. The molecular formula is C19H23ClN4O2. The lowest BCUT2D eigenvalue weighted by atomic mass is 10.2. The Labute approximate surface area is 158 Å². The molecule has 1 aromatic carbocycles. The zero-order valence-electron chi connectivity index (χ0n) is 15.2. The number of nitrogens with one attached hydrogen (secondary N) is 2. The number of hydrogen-bond donors (Lipinski definition) is 2. The maximum atomic E-state index is 12.5. The van der Waals surface area contributed by atoms with Gasteiger partial charge in [0.25, 0.3) is 0 Å². The van der Waals surface area contributed by atoms with Gasteiger partial charge in [-0.25, -0.2) is 0 Å². The molecule has 0 radical (unpaired) electrons. The highest BCUT2D eigenvalue weighted by molar-refractivity contribution is 6.34. The molecule has 0 aliphatic rings. The number of carbonyl (C=O) groups excluding carboxylic acids is 2. The molecule has 6 nitrogen and oxygen atoms in total. The molecule has 0 unspecified atom stereocenters. The number of halogens is 1. The number of allylic oxidation sites excluding steroid dienone is 1. The lowest BCUT2D eigenvalue weighted by Crippen LogP contribution is -2.25. The second-order valence-corrected chi connectivity index (χ2v) is 6.51. The molecule has 2 rings (SSSR count). The Bertz CT molecular complexity index is 829. The van der Waals surface area contributed by atoms with Crippen LogP contribution in [0, 0.1) is 13.8 Å². The molecule has 1 atom stereocenters. The van der Waals surface area contributed by atoms with Crippen LogP contribution in [0.1, 0.15) is 37.2 Å². The van der Waals surface area contributed by atoms with Crippen molar-refractivity contribution in [2.75, 3.05) is 10.6 Å². The molecule has 138 valence electrons. The number of aryl methyl sites for hydroxylation is 2. The van der Waals surface area contributed by atoms with Gasteiger partial charge in [-0.05, 0) is 51.5 Å². The average molecular weight is 375 g/mol. The van der Waals surface area contributed by atoms with E-state index in [1.54, 1.807) is 35.9 Å². The van der Waals surface area contributed by atoms with E-state index in [9.17, 15) is 9.59 Å². The number of carbonyl (C=O) groups is 2. The largest absolute Gasteiger partial charge is 0.326 e. The molecule has 2 amide bonds. The Morgan fingerprint density at radius 3 is 2.62 bits per heavy atom. The number of nitrogens with zero attached hydrogens (tertiary/aromatic N) is 2. The van der Waals surface area contributed by atoms with E-state index in [-0.39, 0.29) is 11.8 Å². The first-order chi connectivity index (χ1) is 12.3. The van der Waals surface area contributed by atoms with Gasteiger partial charge < -0.3 is 10.6 Å². The molecule has 0 saturated heterocycles. The van der Waals surface area contributed by atoms with Gasteiger partial charge in [0.1, 0.15) is 6.04 Å². The SMILES string of the molecule is C=CCCC(=O)Nc1ccc(NC(=O)[C@H](C)n2nc(C)cc2C)c(Cl)c1. The molecule has 0 aliphatic carbocycles. The minimum Gasteiger partial charge on any atom is -0.326 e. The Hall–Kier alpha value is -2.60. The van der Waals surface area contributed by atoms with E-state index in [4.69, 9.17) is 11.6 Å². The normalized spacial score (nSPS) is 11.7. The lowest BCUT2D eigenvalue weighted by Gasteiger charge is -2.16. The number of benzene rings is 1. The van der Waals surface area contributed by atoms with Crippen LogP contribution >= 0.6 is 11.6 Å². The van der Waals surface area contributed by atoms with E-state index < -0.39 is 6.04 Å². The summed E-state index contributed by atoms with van der Waals surface area (Å²) in [5.74, 6) is -0.336. The Morgan fingerprint density at radius 2 is 2.04 bits per heavy atom. The van der Waals surface area contributed by atoms with E-state index in [1.807, 2.05) is 19.9 Å². The van der Waals surface area contributed by atoms with Crippen LogP contribution in [0.25, 0.3) is 0 Å². The van der Waals surface area contributed by atoms with Crippen LogP contribution in [-0.2, 0) is 9.59 Å². The van der Waals surface area contributed by atoms with Gasteiger partial charge in [0.2, 0.25) is 11.8 Å². The number of anilines is 2. The summed E-state index contributed by atoms with van der Waals surface area (Å²) >= 11 is 6.24. The van der Waals surface area contributed by atoms with E-state index in [0.717, 1.165) is 11.4 Å². The van der Waals surface area contributed by atoms with Crippen molar-refractivity contribution < 1.29 is 9.59 Å². The summed E-state index contributed by atoms with van der Waals surface area (Å²) in [6, 6.07) is 6.41. The molecule has 7 heteroatoms. The first kappa shape index (κ1) is 19.7. The fraction of sp³-hybridized carbons (Fsp3) is 0.316. The quantitative estimate of drug-likeness (QED) is 0.711. The summed E-state index contributed by atoms with van der Waals surface area (Å²) in [4.78, 5) is 24.2. The Balaban J connectivity index is 2.05. The van der Waals surface area contributed by atoms with Crippen molar-refractivity contribution in [1.29, 1.82) is 0 Å². The van der Waals surface area contributed by atoms with E-state index in [2.05, 4.69) is 22.3 Å². The van der Waals surface area contributed by atoms with Crippen molar-refractivity contribution in [3.8, 4) is 0 Å². The third kappa shape index (κ3) is 4.95. The minimum atomic E-state index is -0.474. The monoisotopic (exact) mass is 374 g/mol. The zero-order valence-corrected chi connectivity index (χ0v) is 15.9. The lowest BCUT2D eigenvalue weighted by molar-refractivity contribution is -0.119.